The molecule has 0 aromatic rings. The molecule has 0 aromatic heterocycles. The molecule has 0 bridgehead atoms. The molecular weight excluding hydrogens is 224 g/mol. The lowest BCUT2D eigenvalue weighted by Crippen LogP contribution is -2.42. The number of halogens is 1. The van der Waals surface area contributed by atoms with Crippen LogP contribution in [0.3, 0.4) is 0 Å². The topological polar surface area (TPSA) is 55.1 Å². The number of carbonyl (C=O) groups is 1. The van der Waals surface area contributed by atoms with Gasteiger partial charge in [0.2, 0.25) is 5.91 Å². The second kappa shape index (κ2) is 7.91. The summed E-state index contributed by atoms with van der Waals surface area (Å²) in [6.07, 6.45) is 4.99. The summed E-state index contributed by atoms with van der Waals surface area (Å²) in [6.45, 7) is 5.14. The number of hydrogen-bond donors (Lipinski definition) is 2. The Hall–Kier alpha value is -0.280. The summed E-state index contributed by atoms with van der Waals surface area (Å²) in [7, 11) is 0. The fraction of sp³-hybridized carbons (Fsp3) is 0.917. The molecule has 0 aliphatic heterocycles. The fourth-order valence-electron chi connectivity index (χ4n) is 2.42. The van der Waals surface area contributed by atoms with Crippen molar-refractivity contribution in [2.75, 3.05) is 6.54 Å². The third kappa shape index (κ3) is 5.17. The lowest BCUT2D eigenvalue weighted by molar-refractivity contribution is -0.122. The normalized spacial score (nSPS) is 29.3. The number of carbonyl (C=O) groups excluding carboxylic acids is 1. The first-order valence-corrected chi connectivity index (χ1v) is 6.13. The lowest BCUT2D eigenvalue weighted by Gasteiger charge is -2.33. The summed E-state index contributed by atoms with van der Waals surface area (Å²) < 4.78 is 0. The average molecular weight is 249 g/mol. The van der Waals surface area contributed by atoms with Crippen molar-refractivity contribution < 1.29 is 4.79 Å². The van der Waals surface area contributed by atoms with E-state index in [1.165, 1.54) is 12.8 Å². The largest absolute Gasteiger partial charge is 0.353 e. The number of nitrogens with one attached hydrogen (secondary N) is 1. The molecule has 0 heterocycles. The minimum Gasteiger partial charge on any atom is -0.353 e. The van der Waals surface area contributed by atoms with Crippen molar-refractivity contribution in [1.29, 1.82) is 0 Å². The average Bonchev–Trinajstić information content (AvgIpc) is 2.19. The zero-order valence-corrected chi connectivity index (χ0v) is 11.2. The Bertz CT molecular complexity index is 211. The van der Waals surface area contributed by atoms with Gasteiger partial charge in [0.05, 0.1) is 0 Å². The van der Waals surface area contributed by atoms with Crippen LogP contribution in [0.15, 0.2) is 0 Å². The van der Waals surface area contributed by atoms with Crippen LogP contribution in [-0.4, -0.2) is 18.5 Å². The van der Waals surface area contributed by atoms with Crippen LogP contribution < -0.4 is 11.1 Å². The third-order valence-electron chi connectivity index (χ3n) is 3.39. The highest BCUT2D eigenvalue weighted by molar-refractivity contribution is 5.85. The number of rotatable bonds is 4. The summed E-state index contributed by atoms with van der Waals surface area (Å²) in [5.41, 5.74) is 5.38. The molecule has 96 valence electrons. The van der Waals surface area contributed by atoms with Gasteiger partial charge in [-0.1, -0.05) is 13.8 Å². The van der Waals surface area contributed by atoms with Gasteiger partial charge in [0.1, 0.15) is 0 Å². The van der Waals surface area contributed by atoms with E-state index in [4.69, 9.17) is 5.73 Å². The Kier molecular flexibility index (Phi) is 7.77. The predicted molar refractivity (Wildman–Crippen MR) is 69.6 cm³/mol. The van der Waals surface area contributed by atoms with E-state index in [-0.39, 0.29) is 18.3 Å². The Morgan fingerprint density at radius 3 is 2.62 bits per heavy atom. The molecular formula is C12H25ClN2O. The highest BCUT2D eigenvalue weighted by Crippen LogP contribution is 2.28. The van der Waals surface area contributed by atoms with Crippen molar-refractivity contribution in [3.05, 3.63) is 0 Å². The van der Waals surface area contributed by atoms with E-state index in [2.05, 4.69) is 19.2 Å². The first-order chi connectivity index (χ1) is 7.13. The second-order valence-corrected chi connectivity index (χ2v) is 4.96. The summed E-state index contributed by atoms with van der Waals surface area (Å²) in [4.78, 5) is 11.5. The first kappa shape index (κ1) is 15.7. The van der Waals surface area contributed by atoms with Crippen molar-refractivity contribution in [1.82, 2.24) is 5.32 Å². The van der Waals surface area contributed by atoms with Gasteiger partial charge in [0.25, 0.3) is 0 Å². The van der Waals surface area contributed by atoms with Crippen LogP contribution in [0.5, 0.6) is 0 Å². The number of nitrogens with two attached hydrogens (primary N) is 1. The highest BCUT2D eigenvalue weighted by atomic mass is 35.5. The van der Waals surface area contributed by atoms with Crippen LogP contribution in [0.2, 0.25) is 0 Å². The molecule has 3 nitrogen and oxygen atoms in total. The van der Waals surface area contributed by atoms with Crippen molar-refractivity contribution in [2.45, 2.75) is 52.0 Å². The zero-order chi connectivity index (χ0) is 11.3. The van der Waals surface area contributed by atoms with Gasteiger partial charge in [-0.05, 0) is 44.1 Å². The molecule has 3 atom stereocenters. The fourth-order valence-corrected chi connectivity index (χ4v) is 2.42. The summed E-state index contributed by atoms with van der Waals surface area (Å²) in [5.74, 6) is 1.61. The van der Waals surface area contributed by atoms with E-state index in [1.807, 2.05) is 0 Å². The molecule has 3 unspecified atom stereocenters. The van der Waals surface area contributed by atoms with E-state index in [1.54, 1.807) is 0 Å². The third-order valence-corrected chi connectivity index (χ3v) is 3.39. The van der Waals surface area contributed by atoms with Gasteiger partial charge in [-0.25, -0.2) is 0 Å². The van der Waals surface area contributed by atoms with Crippen molar-refractivity contribution in [3.8, 4) is 0 Å². The van der Waals surface area contributed by atoms with Crippen LogP contribution in [0.1, 0.15) is 46.0 Å². The van der Waals surface area contributed by atoms with E-state index < -0.39 is 0 Å². The molecule has 0 saturated heterocycles. The molecule has 0 aromatic carbocycles. The van der Waals surface area contributed by atoms with Gasteiger partial charge in [0, 0.05) is 12.5 Å². The maximum absolute atomic E-state index is 11.5. The minimum atomic E-state index is 0. The monoisotopic (exact) mass is 248 g/mol. The van der Waals surface area contributed by atoms with Crippen molar-refractivity contribution in [3.63, 3.8) is 0 Å². The Morgan fingerprint density at radius 1 is 1.38 bits per heavy atom. The summed E-state index contributed by atoms with van der Waals surface area (Å²) >= 11 is 0. The molecule has 1 fully saturated rings. The Labute approximate surface area is 105 Å². The maximum atomic E-state index is 11.5. The molecule has 1 rings (SSSR count). The van der Waals surface area contributed by atoms with Crippen LogP contribution in [0.4, 0.5) is 0 Å². The zero-order valence-electron chi connectivity index (χ0n) is 10.4. The Balaban J connectivity index is 0.00000225. The first-order valence-electron chi connectivity index (χ1n) is 6.13. The van der Waals surface area contributed by atoms with Crippen LogP contribution in [0, 0.1) is 11.8 Å². The van der Waals surface area contributed by atoms with Crippen LogP contribution in [-0.2, 0) is 4.79 Å². The van der Waals surface area contributed by atoms with Gasteiger partial charge in [0.15, 0.2) is 0 Å². The predicted octanol–water partition coefficient (Wildman–Crippen LogP) is 2.09. The standard InChI is InChI=1S/C12H24N2O.ClH/c1-9-5-6-11(10(2)8-9)14-12(15)4-3-7-13;/h9-11H,3-8,13H2,1-2H3,(H,14,15);1H. The van der Waals surface area contributed by atoms with Gasteiger partial charge in [-0.15, -0.1) is 12.4 Å². The molecule has 1 aliphatic carbocycles. The smallest absolute Gasteiger partial charge is 0.220 e. The van der Waals surface area contributed by atoms with Gasteiger partial charge in [-0.2, -0.15) is 0 Å². The molecule has 3 N–H and O–H groups in total. The van der Waals surface area contributed by atoms with E-state index in [9.17, 15) is 4.79 Å². The highest BCUT2D eigenvalue weighted by Gasteiger charge is 2.26. The minimum absolute atomic E-state index is 0. The SMILES string of the molecule is CC1CCC(NC(=O)CCCN)C(C)C1.Cl. The molecule has 1 saturated carbocycles. The number of hydrogen-bond acceptors (Lipinski definition) is 2. The van der Waals surface area contributed by atoms with E-state index in [0.717, 1.165) is 18.8 Å². The van der Waals surface area contributed by atoms with Crippen molar-refractivity contribution in [2.24, 2.45) is 17.6 Å². The quantitative estimate of drug-likeness (QED) is 0.801. The number of amides is 1. The molecule has 4 heteroatoms. The van der Waals surface area contributed by atoms with Gasteiger partial charge >= 0.3 is 0 Å². The second-order valence-electron chi connectivity index (χ2n) is 4.96. The maximum Gasteiger partial charge on any atom is 0.220 e. The Morgan fingerprint density at radius 2 is 2.06 bits per heavy atom. The van der Waals surface area contributed by atoms with Crippen LogP contribution >= 0.6 is 12.4 Å². The molecule has 16 heavy (non-hydrogen) atoms. The van der Waals surface area contributed by atoms with Crippen molar-refractivity contribution >= 4 is 18.3 Å². The van der Waals surface area contributed by atoms with Gasteiger partial charge < -0.3 is 11.1 Å². The van der Waals surface area contributed by atoms with E-state index in [0.29, 0.717) is 24.9 Å². The molecule has 0 spiro atoms. The summed E-state index contributed by atoms with van der Waals surface area (Å²) in [5, 5.41) is 3.13. The summed E-state index contributed by atoms with van der Waals surface area (Å²) in [6, 6.07) is 0.395. The molecule has 1 amide bonds. The molecule has 0 radical (unpaired) electrons. The lowest BCUT2D eigenvalue weighted by atomic mass is 9.80. The van der Waals surface area contributed by atoms with Crippen LogP contribution in [0.25, 0.3) is 0 Å². The van der Waals surface area contributed by atoms with E-state index >= 15 is 0 Å². The van der Waals surface area contributed by atoms with Gasteiger partial charge in [-0.3, -0.25) is 4.79 Å². The molecule has 1 aliphatic rings.